The number of rotatable bonds is 8. The smallest absolute Gasteiger partial charge is 0.0533 e. The van der Waals surface area contributed by atoms with Gasteiger partial charge in [0.1, 0.15) is 0 Å². The zero-order chi connectivity index (χ0) is 11.8. The van der Waals surface area contributed by atoms with Crippen molar-refractivity contribution in [2.24, 2.45) is 5.92 Å². The van der Waals surface area contributed by atoms with Crippen LogP contribution in [-0.2, 0) is 6.54 Å². The number of nitrogens with zero attached hydrogens (tertiary/aromatic N) is 2. The molecule has 0 saturated heterocycles. The molecule has 1 N–H and O–H groups in total. The first kappa shape index (κ1) is 13.5. The second-order valence-corrected chi connectivity index (χ2v) is 4.63. The van der Waals surface area contributed by atoms with Gasteiger partial charge in [-0.3, -0.25) is 4.68 Å². The lowest BCUT2D eigenvalue weighted by molar-refractivity contribution is 0.439. The maximum absolute atomic E-state index is 6.32. The van der Waals surface area contributed by atoms with Gasteiger partial charge in [0.15, 0.2) is 0 Å². The van der Waals surface area contributed by atoms with Crippen molar-refractivity contribution >= 4 is 11.6 Å². The normalized spacial score (nSPS) is 13.2. The first-order valence-electron chi connectivity index (χ1n) is 6.10. The third-order valence-corrected chi connectivity index (χ3v) is 3.49. The molecule has 0 aromatic carbocycles. The summed E-state index contributed by atoms with van der Waals surface area (Å²) in [7, 11) is 0. The van der Waals surface area contributed by atoms with Crippen molar-refractivity contribution in [2.45, 2.75) is 38.6 Å². The first-order valence-corrected chi connectivity index (χ1v) is 6.53. The Labute approximate surface area is 103 Å². The average Bonchev–Trinajstić information content (AvgIpc) is 2.79. The highest BCUT2D eigenvalue weighted by atomic mass is 35.5. The topological polar surface area (TPSA) is 29.9 Å². The highest BCUT2D eigenvalue weighted by Crippen LogP contribution is 2.17. The zero-order valence-electron chi connectivity index (χ0n) is 10.2. The summed E-state index contributed by atoms with van der Waals surface area (Å²) in [4.78, 5) is 0. The number of hydrogen-bond acceptors (Lipinski definition) is 2. The van der Waals surface area contributed by atoms with Crippen LogP contribution in [0.5, 0.6) is 0 Å². The van der Waals surface area contributed by atoms with Crippen LogP contribution in [0.2, 0.25) is 0 Å². The van der Waals surface area contributed by atoms with E-state index in [1.165, 1.54) is 0 Å². The minimum atomic E-state index is 0.243. The first-order chi connectivity index (χ1) is 7.77. The standard InChI is InChI=1S/C12H22ClN3/c1-3-11(4-2)12(13)10-14-7-9-16-8-5-6-15-16/h5-6,8,11-12,14H,3-4,7,9-10H2,1-2H3. The molecule has 0 bridgehead atoms. The van der Waals surface area contributed by atoms with E-state index in [2.05, 4.69) is 24.3 Å². The second kappa shape index (κ2) is 7.69. The quantitative estimate of drug-likeness (QED) is 0.562. The van der Waals surface area contributed by atoms with Crippen LogP contribution in [0.1, 0.15) is 26.7 Å². The number of hydrogen-bond donors (Lipinski definition) is 1. The molecule has 0 aliphatic carbocycles. The monoisotopic (exact) mass is 243 g/mol. The molecule has 1 rings (SSSR count). The molecule has 16 heavy (non-hydrogen) atoms. The van der Waals surface area contributed by atoms with Crippen molar-refractivity contribution in [3.05, 3.63) is 18.5 Å². The van der Waals surface area contributed by atoms with E-state index in [1.807, 2.05) is 16.9 Å². The molecule has 1 heterocycles. The van der Waals surface area contributed by atoms with Gasteiger partial charge in [0, 0.05) is 30.9 Å². The lowest BCUT2D eigenvalue weighted by Gasteiger charge is -2.19. The van der Waals surface area contributed by atoms with Crippen LogP contribution in [0.3, 0.4) is 0 Å². The second-order valence-electron chi connectivity index (χ2n) is 4.07. The maximum Gasteiger partial charge on any atom is 0.0533 e. The average molecular weight is 244 g/mol. The summed E-state index contributed by atoms with van der Waals surface area (Å²) in [6.07, 6.45) is 6.09. The molecular formula is C12H22ClN3. The fourth-order valence-electron chi connectivity index (χ4n) is 1.83. The van der Waals surface area contributed by atoms with E-state index in [1.54, 1.807) is 6.20 Å². The maximum atomic E-state index is 6.32. The Morgan fingerprint density at radius 3 is 2.69 bits per heavy atom. The van der Waals surface area contributed by atoms with E-state index in [9.17, 15) is 0 Å². The Bertz CT molecular complexity index is 257. The third kappa shape index (κ3) is 4.54. The number of alkyl halides is 1. The Balaban J connectivity index is 2.10. The Morgan fingerprint density at radius 1 is 1.38 bits per heavy atom. The van der Waals surface area contributed by atoms with Gasteiger partial charge >= 0.3 is 0 Å². The Kier molecular flexibility index (Phi) is 6.50. The minimum absolute atomic E-state index is 0.243. The molecule has 92 valence electrons. The van der Waals surface area contributed by atoms with Crippen molar-refractivity contribution < 1.29 is 0 Å². The van der Waals surface area contributed by atoms with Gasteiger partial charge in [-0.05, 0) is 12.0 Å². The van der Waals surface area contributed by atoms with E-state index in [0.29, 0.717) is 5.92 Å². The van der Waals surface area contributed by atoms with E-state index in [4.69, 9.17) is 11.6 Å². The van der Waals surface area contributed by atoms with Gasteiger partial charge in [-0.1, -0.05) is 26.7 Å². The highest BCUT2D eigenvalue weighted by molar-refractivity contribution is 6.21. The van der Waals surface area contributed by atoms with E-state index < -0.39 is 0 Å². The summed E-state index contributed by atoms with van der Waals surface area (Å²) < 4.78 is 1.92. The van der Waals surface area contributed by atoms with E-state index in [-0.39, 0.29) is 5.38 Å². The molecule has 0 fully saturated rings. The van der Waals surface area contributed by atoms with Crippen LogP contribution in [0.4, 0.5) is 0 Å². The molecule has 1 atom stereocenters. The lowest BCUT2D eigenvalue weighted by Crippen LogP contribution is -2.30. The van der Waals surface area contributed by atoms with Gasteiger partial charge in [-0.15, -0.1) is 11.6 Å². The van der Waals surface area contributed by atoms with Crippen LogP contribution in [-0.4, -0.2) is 28.2 Å². The molecule has 0 aliphatic rings. The van der Waals surface area contributed by atoms with Gasteiger partial charge in [0.05, 0.1) is 6.54 Å². The minimum Gasteiger partial charge on any atom is -0.313 e. The molecule has 0 saturated carbocycles. The van der Waals surface area contributed by atoms with Gasteiger partial charge in [0.2, 0.25) is 0 Å². The fraction of sp³-hybridized carbons (Fsp3) is 0.750. The molecule has 4 heteroatoms. The third-order valence-electron chi connectivity index (χ3n) is 2.98. The van der Waals surface area contributed by atoms with Crippen molar-refractivity contribution in [3.63, 3.8) is 0 Å². The molecule has 1 aromatic heterocycles. The highest BCUT2D eigenvalue weighted by Gasteiger charge is 2.14. The fourth-order valence-corrected chi connectivity index (χ4v) is 2.30. The van der Waals surface area contributed by atoms with E-state index >= 15 is 0 Å². The van der Waals surface area contributed by atoms with Gasteiger partial charge in [-0.2, -0.15) is 5.10 Å². The number of nitrogens with one attached hydrogen (secondary N) is 1. The molecule has 1 aromatic rings. The number of aromatic nitrogens is 2. The molecular weight excluding hydrogens is 222 g/mol. The van der Waals surface area contributed by atoms with Gasteiger partial charge in [0.25, 0.3) is 0 Å². The van der Waals surface area contributed by atoms with Crippen LogP contribution in [0.15, 0.2) is 18.5 Å². The summed E-state index contributed by atoms with van der Waals surface area (Å²) in [6, 6.07) is 1.94. The number of halogens is 1. The van der Waals surface area contributed by atoms with Gasteiger partial charge < -0.3 is 5.32 Å². The molecule has 1 unspecified atom stereocenters. The molecule has 3 nitrogen and oxygen atoms in total. The predicted molar refractivity (Wildman–Crippen MR) is 68.8 cm³/mol. The predicted octanol–water partition coefficient (Wildman–Crippen LogP) is 2.52. The van der Waals surface area contributed by atoms with Crippen LogP contribution in [0.25, 0.3) is 0 Å². The largest absolute Gasteiger partial charge is 0.313 e. The SMILES string of the molecule is CCC(CC)C(Cl)CNCCn1cccn1. The zero-order valence-corrected chi connectivity index (χ0v) is 11.0. The molecule has 0 amide bonds. The summed E-state index contributed by atoms with van der Waals surface area (Å²) >= 11 is 6.32. The molecule has 0 spiro atoms. The van der Waals surface area contributed by atoms with Crippen LogP contribution < -0.4 is 5.32 Å². The lowest BCUT2D eigenvalue weighted by atomic mass is 9.99. The van der Waals surface area contributed by atoms with Crippen LogP contribution in [0, 0.1) is 5.92 Å². The van der Waals surface area contributed by atoms with Crippen molar-refractivity contribution in [2.75, 3.05) is 13.1 Å². The Morgan fingerprint density at radius 2 is 2.12 bits per heavy atom. The van der Waals surface area contributed by atoms with Crippen molar-refractivity contribution in [1.82, 2.24) is 15.1 Å². The summed E-state index contributed by atoms with van der Waals surface area (Å²) in [5, 5.41) is 7.77. The van der Waals surface area contributed by atoms with Crippen molar-refractivity contribution in [1.29, 1.82) is 0 Å². The van der Waals surface area contributed by atoms with E-state index in [0.717, 1.165) is 32.5 Å². The molecule has 0 aliphatic heterocycles. The molecule has 0 radical (unpaired) electrons. The van der Waals surface area contributed by atoms with Gasteiger partial charge in [-0.25, -0.2) is 0 Å². The summed E-state index contributed by atoms with van der Waals surface area (Å²) in [5.74, 6) is 0.624. The summed E-state index contributed by atoms with van der Waals surface area (Å²) in [6.45, 7) is 7.11. The Hall–Kier alpha value is -0.540. The summed E-state index contributed by atoms with van der Waals surface area (Å²) in [5.41, 5.74) is 0. The van der Waals surface area contributed by atoms with Crippen molar-refractivity contribution in [3.8, 4) is 0 Å². The van der Waals surface area contributed by atoms with Crippen LogP contribution >= 0.6 is 11.6 Å².